The number of halogens is 1. The SMILES string of the molecule is Cn1cc(-c2cccc(CNC(=O)CCCl)c2)cn1. The number of nitrogens with one attached hydrogen (secondary N) is 1. The molecule has 4 nitrogen and oxygen atoms in total. The minimum atomic E-state index is -0.0261. The number of aromatic nitrogens is 2. The third-order valence-corrected chi connectivity index (χ3v) is 2.97. The zero-order valence-corrected chi connectivity index (χ0v) is 11.5. The topological polar surface area (TPSA) is 46.9 Å². The summed E-state index contributed by atoms with van der Waals surface area (Å²) < 4.78 is 1.77. The summed E-state index contributed by atoms with van der Waals surface area (Å²) in [6.07, 6.45) is 4.14. The molecule has 0 aliphatic rings. The van der Waals surface area contributed by atoms with E-state index in [1.54, 1.807) is 4.68 Å². The summed E-state index contributed by atoms with van der Waals surface area (Å²) in [7, 11) is 1.89. The smallest absolute Gasteiger partial charge is 0.221 e. The normalized spacial score (nSPS) is 10.4. The molecule has 0 spiro atoms. The van der Waals surface area contributed by atoms with Gasteiger partial charge in [0.15, 0.2) is 0 Å². The number of nitrogens with zero attached hydrogens (tertiary/aromatic N) is 2. The Morgan fingerprint density at radius 1 is 1.42 bits per heavy atom. The van der Waals surface area contributed by atoms with Crippen LogP contribution in [0.2, 0.25) is 0 Å². The zero-order valence-electron chi connectivity index (χ0n) is 10.8. The second-order valence-electron chi connectivity index (χ2n) is 4.32. The van der Waals surface area contributed by atoms with Crippen LogP contribution in [-0.4, -0.2) is 21.6 Å². The third kappa shape index (κ3) is 3.83. The summed E-state index contributed by atoms with van der Waals surface area (Å²) in [6, 6.07) is 8.05. The lowest BCUT2D eigenvalue weighted by Gasteiger charge is -2.06. The van der Waals surface area contributed by atoms with E-state index in [2.05, 4.69) is 16.5 Å². The molecule has 0 fully saturated rings. The van der Waals surface area contributed by atoms with Crippen molar-refractivity contribution in [1.29, 1.82) is 0 Å². The molecule has 0 saturated heterocycles. The van der Waals surface area contributed by atoms with Gasteiger partial charge in [-0.3, -0.25) is 9.48 Å². The number of amides is 1. The van der Waals surface area contributed by atoms with Gasteiger partial charge >= 0.3 is 0 Å². The van der Waals surface area contributed by atoms with Crippen LogP contribution in [0.25, 0.3) is 11.1 Å². The molecule has 1 aromatic heterocycles. The fraction of sp³-hybridized carbons (Fsp3) is 0.286. The first kappa shape index (κ1) is 13.6. The molecule has 0 atom stereocenters. The van der Waals surface area contributed by atoms with E-state index in [0.29, 0.717) is 18.8 Å². The van der Waals surface area contributed by atoms with Gasteiger partial charge in [-0.2, -0.15) is 5.10 Å². The van der Waals surface area contributed by atoms with Crippen molar-refractivity contribution < 1.29 is 4.79 Å². The number of benzene rings is 1. The predicted octanol–water partition coefficient (Wildman–Crippen LogP) is 2.33. The van der Waals surface area contributed by atoms with Gasteiger partial charge in [-0.05, 0) is 17.2 Å². The zero-order chi connectivity index (χ0) is 13.7. The Balaban J connectivity index is 2.05. The molecule has 0 aliphatic heterocycles. The van der Waals surface area contributed by atoms with Crippen LogP contribution in [0.15, 0.2) is 36.7 Å². The predicted molar refractivity (Wildman–Crippen MR) is 75.8 cm³/mol. The highest BCUT2D eigenvalue weighted by atomic mass is 35.5. The van der Waals surface area contributed by atoms with Gasteiger partial charge in [0.05, 0.1) is 6.20 Å². The molecule has 0 radical (unpaired) electrons. The Morgan fingerprint density at radius 2 is 2.26 bits per heavy atom. The highest BCUT2D eigenvalue weighted by Crippen LogP contribution is 2.19. The molecule has 100 valence electrons. The number of aryl methyl sites for hydroxylation is 1. The van der Waals surface area contributed by atoms with E-state index in [9.17, 15) is 4.79 Å². The first-order valence-corrected chi connectivity index (χ1v) is 6.63. The molecule has 0 unspecified atom stereocenters. The summed E-state index contributed by atoms with van der Waals surface area (Å²) in [6.45, 7) is 0.518. The summed E-state index contributed by atoms with van der Waals surface area (Å²) >= 11 is 5.52. The number of carbonyl (C=O) groups is 1. The molecule has 1 N–H and O–H groups in total. The van der Waals surface area contributed by atoms with Crippen LogP contribution in [0.3, 0.4) is 0 Å². The molecule has 1 aromatic carbocycles. The molecule has 0 saturated carbocycles. The number of alkyl halides is 1. The lowest BCUT2D eigenvalue weighted by Crippen LogP contribution is -2.22. The monoisotopic (exact) mass is 277 g/mol. The van der Waals surface area contributed by atoms with E-state index in [-0.39, 0.29) is 5.91 Å². The third-order valence-electron chi connectivity index (χ3n) is 2.78. The van der Waals surface area contributed by atoms with Crippen molar-refractivity contribution in [2.75, 3.05) is 5.88 Å². The molecule has 0 bridgehead atoms. The van der Waals surface area contributed by atoms with Crippen molar-refractivity contribution in [3.8, 4) is 11.1 Å². The minimum Gasteiger partial charge on any atom is -0.352 e. The molecule has 5 heteroatoms. The van der Waals surface area contributed by atoms with E-state index in [0.717, 1.165) is 16.7 Å². The van der Waals surface area contributed by atoms with Crippen LogP contribution < -0.4 is 5.32 Å². The highest BCUT2D eigenvalue weighted by molar-refractivity contribution is 6.18. The molecule has 19 heavy (non-hydrogen) atoms. The van der Waals surface area contributed by atoms with E-state index >= 15 is 0 Å². The molecular weight excluding hydrogens is 262 g/mol. The van der Waals surface area contributed by atoms with Gasteiger partial charge in [-0.15, -0.1) is 11.6 Å². The fourth-order valence-electron chi connectivity index (χ4n) is 1.81. The van der Waals surface area contributed by atoms with Gasteiger partial charge in [0.1, 0.15) is 0 Å². The van der Waals surface area contributed by atoms with Crippen molar-refractivity contribution in [1.82, 2.24) is 15.1 Å². The van der Waals surface area contributed by atoms with Crippen molar-refractivity contribution in [2.24, 2.45) is 7.05 Å². The summed E-state index contributed by atoms with van der Waals surface area (Å²) in [5.74, 6) is 0.323. The molecular formula is C14H16ClN3O. The van der Waals surface area contributed by atoms with Gasteiger partial charge in [0.25, 0.3) is 0 Å². The maximum atomic E-state index is 11.4. The molecule has 1 amide bonds. The number of hydrogen-bond donors (Lipinski definition) is 1. The minimum absolute atomic E-state index is 0.0261. The van der Waals surface area contributed by atoms with Crippen LogP contribution in [0.5, 0.6) is 0 Å². The average molecular weight is 278 g/mol. The molecule has 0 aliphatic carbocycles. The largest absolute Gasteiger partial charge is 0.352 e. The maximum Gasteiger partial charge on any atom is 0.221 e. The first-order valence-electron chi connectivity index (χ1n) is 6.09. The standard InChI is InChI=1S/C14H16ClN3O/c1-18-10-13(9-17-18)12-4-2-3-11(7-12)8-16-14(19)5-6-15/h2-4,7,9-10H,5-6,8H2,1H3,(H,16,19). The van der Waals surface area contributed by atoms with E-state index in [1.165, 1.54) is 0 Å². The van der Waals surface area contributed by atoms with Crippen molar-refractivity contribution in [3.05, 3.63) is 42.2 Å². The van der Waals surface area contributed by atoms with Gasteiger partial charge in [0.2, 0.25) is 5.91 Å². The molecule has 1 heterocycles. The molecule has 2 rings (SSSR count). The van der Waals surface area contributed by atoms with Crippen molar-refractivity contribution >= 4 is 17.5 Å². The molecule has 2 aromatic rings. The van der Waals surface area contributed by atoms with Crippen molar-refractivity contribution in [2.45, 2.75) is 13.0 Å². The van der Waals surface area contributed by atoms with E-state index in [4.69, 9.17) is 11.6 Å². The Morgan fingerprint density at radius 3 is 2.95 bits per heavy atom. The quantitative estimate of drug-likeness (QED) is 0.853. The fourth-order valence-corrected chi connectivity index (χ4v) is 1.98. The second kappa shape index (κ2) is 6.38. The Bertz CT molecular complexity index is 565. The van der Waals surface area contributed by atoms with Gasteiger partial charge < -0.3 is 5.32 Å². The van der Waals surface area contributed by atoms with Crippen LogP contribution in [-0.2, 0) is 18.4 Å². The van der Waals surface area contributed by atoms with Gasteiger partial charge in [-0.25, -0.2) is 0 Å². The van der Waals surface area contributed by atoms with E-state index in [1.807, 2.05) is 37.6 Å². The number of carbonyl (C=O) groups excluding carboxylic acids is 1. The van der Waals surface area contributed by atoms with Gasteiger partial charge in [-0.1, -0.05) is 18.2 Å². The lowest BCUT2D eigenvalue weighted by molar-refractivity contribution is -0.120. The lowest BCUT2D eigenvalue weighted by atomic mass is 10.1. The van der Waals surface area contributed by atoms with Crippen molar-refractivity contribution in [3.63, 3.8) is 0 Å². The Labute approximate surface area is 117 Å². The van der Waals surface area contributed by atoms with E-state index < -0.39 is 0 Å². The first-order chi connectivity index (χ1) is 9.19. The number of hydrogen-bond acceptors (Lipinski definition) is 2. The van der Waals surface area contributed by atoms with Crippen LogP contribution in [0, 0.1) is 0 Å². The Kier molecular flexibility index (Phi) is 4.58. The van der Waals surface area contributed by atoms with Crippen LogP contribution in [0.4, 0.5) is 0 Å². The van der Waals surface area contributed by atoms with Gasteiger partial charge in [0, 0.05) is 37.7 Å². The Hall–Kier alpha value is -1.81. The second-order valence-corrected chi connectivity index (χ2v) is 4.70. The highest BCUT2D eigenvalue weighted by Gasteiger charge is 2.03. The summed E-state index contributed by atoms with van der Waals surface area (Å²) in [5.41, 5.74) is 3.22. The number of rotatable bonds is 5. The van der Waals surface area contributed by atoms with Crippen LogP contribution in [0.1, 0.15) is 12.0 Å². The maximum absolute atomic E-state index is 11.4. The summed E-state index contributed by atoms with van der Waals surface area (Å²) in [5, 5.41) is 6.99. The van der Waals surface area contributed by atoms with Crippen LogP contribution >= 0.6 is 11.6 Å². The summed E-state index contributed by atoms with van der Waals surface area (Å²) in [4.78, 5) is 11.4. The average Bonchev–Trinajstić information content (AvgIpc) is 2.84.